The summed E-state index contributed by atoms with van der Waals surface area (Å²) in [7, 11) is 0. The van der Waals surface area contributed by atoms with E-state index in [1.54, 1.807) is 0 Å². The summed E-state index contributed by atoms with van der Waals surface area (Å²) in [6.45, 7) is 4.99. The second-order valence-corrected chi connectivity index (χ2v) is 5.00. The van der Waals surface area contributed by atoms with Crippen LogP contribution in [0.5, 0.6) is 0 Å². The minimum absolute atomic E-state index is 0.788. The largest absolute Gasteiger partial charge is 0.379 e. The van der Waals surface area contributed by atoms with Crippen LogP contribution in [0.1, 0.15) is 43.3 Å². The lowest BCUT2D eigenvalue weighted by atomic mass is 10.1. The molecule has 2 rings (SSSR count). The second kappa shape index (κ2) is 6.98. The lowest BCUT2D eigenvalue weighted by Crippen LogP contribution is -1.99. The first-order chi connectivity index (χ1) is 9.28. The average Bonchev–Trinajstić information content (AvgIpc) is 2.84. The number of anilines is 1. The summed E-state index contributed by atoms with van der Waals surface area (Å²) in [5, 5.41) is 3.40. The van der Waals surface area contributed by atoms with E-state index in [4.69, 9.17) is 0 Å². The Morgan fingerprint density at radius 2 is 1.95 bits per heavy atom. The molecule has 0 amide bonds. The fraction of sp³-hybridized carbons (Fsp3) is 0.438. The van der Waals surface area contributed by atoms with Crippen LogP contribution in [-0.2, 0) is 13.0 Å². The number of hydrogen-bond donors (Lipinski definition) is 2. The molecule has 0 radical (unpaired) electrons. The number of nitrogens with zero attached hydrogens (tertiary/aromatic N) is 1. The molecule has 0 saturated heterocycles. The van der Waals surface area contributed by atoms with E-state index in [0.29, 0.717) is 0 Å². The normalized spacial score (nSPS) is 10.6. The van der Waals surface area contributed by atoms with Crippen molar-refractivity contribution in [3.05, 3.63) is 47.5 Å². The molecule has 0 saturated carbocycles. The third-order valence-corrected chi connectivity index (χ3v) is 3.26. The van der Waals surface area contributed by atoms with E-state index in [9.17, 15) is 0 Å². The first kappa shape index (κ1) is 13.7. The maximum atomic E-state index is 4.19. The van der Waals surface area contributed by atoms with Gasteiger partial charge in [-0.25, -0.2) is 4.98 Å². The molecule has 1 heterocycles. The molecule has 0 bridgehead atoms. The molecular weight excluding hydrogens is 234 g/mol. The summed E-state index contributed by atoms with van der Waals surface area (Å²) in [4.78, 5) is 7.41. The van der Waals surface area contributed by atoms with Gasteiger partial charge in [0.05, 0.1) is 18.4 Å². The first-order valence-corrected chi connectivity index (χ1v) is 7.11. The molecule has 1 aromatic carbocycles. The highest BCUT2D eigenvalue weighted by Gasteiger charge is 1.98. The van der Waals surface area contributed by atoms with E-state index in [0.717, 1.165) is 23.8 Å². The van der Waals surface area contributed by atoms with Gasteiger partial charge in [0.2, 0.25) is 0 Å². The Labute approximate surface area is 115 Å². The van der Waals surface area contributed by atoms with Crippen molar-refractivity contribution < 1.29 is 0 Å². The van der Waals surface area contributed by atoms with E-state index < -0.39 is 0 Å². The van der Waals surface area contributed by atoms with Crippen LogP contribution >= 0.6 is 0 Å². The highest BCUT2D eigenvalue weighted by Crippen LogP contribution is 2.13. The quantitative estimate of drug-likeness (QED) is 0.734. The highest BCUT2D eigenvalue weighted by atomic mass is 15.0. The smallest absolute Gasteiger partial charge is 0.103 e. The Morgan fingerprint density at radius 3 is 2.58 bits per heavy atom. The first-order valence-electron chi connectivity index (χ1n) is 7.11. The molecule has 2 N–H and O–H groups in total. The predicted octanol–water partition coefficient (Wildman–Crippen LogP) is 4.06. The predicted molar refractivity (Wildman–Crippen MR) is 80.3 cm³/mol. The van der Waals surface area contributed by atoms with Crippen molar-refractivity contribution in [1.82, 2.24) is 9.97 Å². The van der Waals surface area contributed by atoms with Crippen molar-refractivity contribution in [2.24, 2.45) is 0 Å². The van der Waals surface area contributed by atoms with E-state index in [1.807, 2.05) is 13.1 Å². The molecule has 0 aliphatic carbocycles. The zero-order valence-electron chi connectivity index (χ0n) is 11.9. The number of aromatic amines is 1. The van der Waals surface area contributed by atoms with Crippen LogP contribution in [-0.4, -0.2) is 9.97 Å². The molecule has 1 aromatic heterocycles. The molecule has 0 spiro atoms. The monoisotopic (exact) mass is 257 g/mol. The SMILES string of the molecule is CCCCCc1ccc(NCc2cnc(C)[nH]2)cc1. The maximum absolute atomic E-state index is 4.19. The van der Waals surface area contributed by atoms with Gasteiger partial charge < -0.3 is 10.3 Å². The van der Waals surface area contributed by atoms with Crippen LogP contribution in [0.15, 0.2) is 30.5 Å². The van der Waals surface area contributed by atoms with Crippen LogP contribution in [0, 0.1) is 6.92 Å². The molecule has 3 nitrogen and oxygen atoms in total. The Hall–Kier alpha value is -1.77. The number of benzene rings is 1. The number of imidazole rings is 1. The van der Waals surface area contributed by atoms with Gasteiger partial charge in [-0.3, -0.25) is 0 Å². The second-order valence-electron chi connectivity index (χ2n) is 5.00. The molecular formula is C16H23N3. The van der Waals surface area contributed by atoms with Gasteiger partial charge in [-0.05, 0) is 37.5 Å². The van der Waals surface area contributed by atoms with Gasteiger partial charge in [0.25, 0.3) is 0 Å². The van der Waals surface area contributed by atoms with E-state index in [-0.39, 0.29) is 0 Å². The Morgan fingerprint density at radius 1 is 1.16 bits per heavy atom. The van der Waals surface area contributed by atoms with Gasteiger partial charge in [0.15, 0.2) is 0 Å². The number of H-pyrrole nitrogens is 1. The van der Waals surface area contributed by atoms with Crippen molar-refractivity contribution in [3.63, 3.8) is 0 Å². The summed E-state index contributed by atoms with van der Waals surface area (Å²) in [5.74, 6) is 0.961. The van der Waals surface area contributed by atoms with Crippen molar-refractivity contribution in [3.8, 4) is 0 Å². The molecule has 3 heteroatoms. The fourth-order valence-electron chi connectivity index (χ4n) is 2.13. The van der Waals surface area contributed by atoms with Gasteiger partial charge in [-0.1, -0.05) is 31.9 Å². The van der Waals surface area contributed by atoms with Gasteiger partial charge in [0, 0.05) is 5.69 Å². The average molecular weight is 257 g/mol. The minimum atomic E-state index is 0.788. The molecule has 0 atom stereocenters. The lowest BCUT2D eigenvalue weighted by Gasteiger charge is -2.06. The molecule has 19 heavy (non-hydrogen) atoms. The van der Waals surface area contributed by atoms with Crippen molar-refractivity contribution in [2.45, 2.75) is 46.1 Å². The van der Waals surface area contributed by atoms with Crippen LogP contribution in [0.3, 0.4) is 0 Å². The third-order valence-electron chi connectivity index (χ3n) is 3.26. The van der Waals surface area contributed by atoms with Crippen molar-refractivity contribution in [2.75, 3.05) is 5.32 Å². The van der Waals surface area contributed by atoms with Crippen molar-refractivity contribution in [1.29, 1.82) is 0 Å². The Kier molecular flexibility index (Phi) is 5.01. The van der Waals surface area contributed by atoms with E-state index >= 15 is 0 Å². The van der Waals surface area contributed by atoms with E-state index in [1.165, 1.54) is 31.2 Å². The summed E-state index contributed by atoms with van der Waals surface area (Å²) in [6, 6.07) is 8.75. The van der Waals surface area contributed by atoms with Gasteiger partial charge >= 0.3 is 0 Å². The minimum Gasteiger partial charge on any atom is -0.379 e. The number of rotatable bonds is 7. The standard InChI is InChI=1S/C16H23N3/c1-3-4-5-6-14-7-9-15(10-8-14)18-12-16-11-17-13(2)19-16/h7-11,18H,3-6,12H2,1-2H3,(H,17,19). The molecule has 0 unspecified atom stereocenters. The molecule has 0 aliphatic heterocycles. The van der Waals surface area contributed by atoms with Gasteiger partial charge in [-0.15, -0.1) is 0 Å². The number of unbranched alkanes of at least 4 members (excludes halogenated alkanes) is 2. The van der Waals surface area contributed by atoms with Crippen LogP contribution < -0.4 is 5.32 Å². The summed E-state index contributed by atoms with van der Waals surface area (Å²) in [6.07, 6.45) is 6.95. The Bertz CT molecular complexity index is 485. The highest BCUT2D eigenvalue weighted by molar-refractivity contribution is 5.44. The summed E-state index contributed by atoms with van der Waals surface area (Å²) < 4.78 is 0. The summed E-state index contributed by atoms with van der Waals surface area (Å²) >= 11 is 0. The number of aromatic nitrogens is 2. The van der Waals surface area contributed by atoms with Crippen molar-refractivity contribution >= 4 is 5.69 Å². The molecule has 0 fully saturated rings. The third kappa shape index (κ3) is 4.43. The van der Waals surface area contributed by atoms with Gasteiger partial charge in [0.1, 0.15) is 5.82 Å². The molecule has 0 aliphatic rings. The number of nitrogens with one attached hydrogen (secondary N) is 2. The lowest BCUT2D eigenvalue weighted by molar-refractivity contribution is 0.717. The number of aryl methyl sites for hydroxylation is 2. The Balaban J connectivity index is 1.81. The topological polar surface area (TPSA) is 40.7 Å². The zero-order valence-corrected chi connectivity index (χ0v) is 11.9. The summed E-state index contributed by atoms with van der Waals surface area (Å²) in [5.41, 5.74) is 3.70. The van der Waals surface area contributed by atoms with Crippen LogP contribution in [0.25, 0.3) is 0 Å². The van der Waals surface area contributed by atoms with Crippen LogP contribution in [0.2, 0.25) is 0 Å². The van der Waals surface area contributed by atoms with Crippen LogP contribution in [0.4, 0.5) is 5.69 Å². The molecule has 102 valence electrons. The number of hydrogen-bond acceptors (Lipinski definition) is 2. The van der Waals surface area contributed by atoms with Gasteiger partial charge in [-0.2, -0.15) is 0 Å². The van der Waals surface area contributed by atoms with E-state index in [2.05, 4.69) is 46.5 Å². The molecule has 2 aromatic rings. The maximum Gasteiger partial charge on any atom is 0.103 e. The zero-order chi connectivity index (χ0) is 13.5. The fourth-order valence-corrected chi connectivity index (χ4v) is 2.13.